The number of hydrogen-bond acceptors (Lipinski definition) is 5. The average Bonchev–Trinajstić information content (AvgIpc) is 2.52. The van der Waals surface area contributed by atoms with Crippen LogP contribution in [0.3, 0.4) is 0 Å². The number of ether oxygens (including phenoxy) is 2. The van der Waals surface area contributed by atoms with Crippen LogP contribution < -0.4 is 5.32 Å². The molecule has 0 saturated carbocycles. The second kappa shape index (κ2) is 5.22. The number of rotatable bonds is 4. The van der Waals surface area contributed by atoms with Crippen LogP contribution in [0, 0.1) is 0 Å². The molecule has 0 bridgehead atoms. The first-order chi connectivity index (χ1) is 7.10. The van der Waals surface area contributed by atoms with E-state index < -0.39 is 24.6 Å². The fourth-order valence-electron chi connectivity index (χ4n) is 1.35. The predicted molar refractivity (Wildman–Crippen MR) is 50.9 cm³/mol. The molecule has 3 N–H and O–H groups in total. The van der Waals surface area contributed by atoms with Crippen LogP contribution in [0.5, 0.6) is 0 Å². The summed E-state index contributed by atoms with van der Waals surface area (Å²) < 4.78 is 9.95. The zero-order chi connectivity index (χ0) is 11.4. The van der Waals surface area contributed by atoms with Gasteiger partial charge in [-0.05, 0) is 6.08 Å². The van der Waals surface area contributed by atoms with E-state index in [1.54, 1.807) is 0 Å². The van der Waals surface area contributed by atoms with Gasteiger partial charge in [0, 0.05) is 13.7 Å². The van der Waals surface area contributed by atoms with Gasteiger partial charge in [-0.25, -0.2) is 0 Å². The lowest BCUT2D eigenvalue weighted by Crippen LogP contribution is -2.39. The number of aliphatic hydroxyl groups excluding tert-OH is 2. The average molecular weight is 217 g/mol. The van der Waals surface area contributed by atoms with Crippen LogP contribution in [0.25, 0.3) is 0 Å². The van der Waals surface area contributed by atoms with Crippen molar-refractivity contribution in [2.24, 2.45) is 0 Å². The number of hydrogen-bond donors (Lipinski definition) is 3. The van der Waals surface area contributed by atoms with Gasteiger partial charge in [-0.2, -0.15) is 0 Å². The van der Waals surface area contributed by atoms with Gasteiger partial charge >= 0.3 is 0 Å². The Morgan fingerprint density at radius 2 is 2.27 bits per heavy atom. The van der Waals surface area contributed by atoms with Crippen molar-refractivity contribution in [1.82, 2.24) is 5.32 Å². The molecule has 1 fully saturated rings. The Morgan fingerprint density at radius 3 is 2.73 bits per heavy atom. The molecule has 0 aromatic rings. The van der Waals surface area contributed by atoms with Gasteiger partial charge in [0.05, 0.1) is 0 Å². The molecule has 0 aromatic carbocycles. The van der Waals surface area contributed by atoms with Crippen molar-refractivity contribution in [3.8, 4) is 0 Å². The zero-order valence-electron chi connectivity index (χ0n) is 8.42. The van der Waals surface area contributed by atoms with Gasteiger partial charge in [-0.3, -0.25) is 4.79 Å². The molecule has 6 heteroatoms. The van der Waals surface area contributed by atoms with Crippen molar-refractivity contribution in [1.29, 1.82) is 0 Å². The Labute approximate surface area is 87.5 Å². The number of nitrogens with one attached hydrogen (secondary N) is 1. The summed E-state index contributed by atoms with van der Waals surface area (Å²) in [5.41, 5.74) is 0. The van der Waals surface area contributed by atoms with Gasteiger partial charge in [-0.15, -0.1) is 0 Å². The molecule has 0 aromatic heterocycles. The number of aliphatic hydroxyl groups is 2. The van der Waals surface area contributed by atoms with Crippen LogP contribution >= 0.6 is 0 Å². The minimum atomic E-state index is -1.10. The maximum atomic E-state index is 10.8. The molecule has 1 aliphatic rings. The van der Waals surface area contributed by atoms with E-state index in [4.69, 9.17) is 9.47 Å². The smallest absolute Gasteiger partial charge is 0.243 e. The lowest BCUT2D eigenvalue weighted by molar-refractivity contribution is -0.148. The Hall–Kier alpha value is -0.950. The number of methoxy groups -OCH3 is 1. The van der Waals surface area contributed by atoms with Crippen molar-refractivity contribution in [2.45, 2.75) is 24.6 Å². The van der Waals surface area contributed by atoms with Gasteiger partial charge in [-0.1, -0.05) is 6.58 Å². The van der Waals surface area contributed by atoms with Crippen LogP contribution in [-0.2, 0) is 14.3 Å². The normalized spacial score (nSPS) is 35.1. The molecule has 0 spiro atoms. The highest BCUT2D eigenvalue weighted by molar-refractivity contribution is 5.86. The minimum absolute atomic E-state index is 0.100. The fraction of sp³-hybridized carbons (Fsp3) is 0.667. The molecule has 86 valence electrons. The second-order valence-corrected chi connectivity index (χ2v) is 3.21. The van der Waals surface area contributed by atoms with Gasteiger partial charge in [0.25, 0.3) is 0 Å². The summed E-state index contributed by atoms with van der Waals surface area (Å²) in [5, 5.41) is 21.4. The summed E-state index contributed by atoms with van der Waals surface area (Å²) in [6.07, 6.45) is -2.58. The van der Waals surface area contributed by atoms with E-state index >= 15 is 0 Å². The molecule has 0 radical (unpaired) electrons. The topological polar surface area (TPSA) is 88.0 Å². The van der Waals surface area contributed by atoms with Gasteiger partial charge in [0.2, 0.25) is 5.91 Å². The van der Waals surface area contributed by atoms with Crippen molar-refractivity contribution in [3.63, 3.8) is 0 Å². The Kier molecular flexibility index (Phi) is 4.22. The molecular formula is C9H15NO5. The summed E-state index contributed by atoms with van der Waals surface area (Å²) >= 11 is 0. The molecule has 1 rings (SSSR count). The standard InChI is InChI=1S/C9H15NO5/c1-3-6(11)10-4-5-7(12)8(13)9(14-2)15-5/h3,5,7-9,12-13H,1,4H2,2H3,(H,10,11)/t5-,7-,8-,9+/m1/s1. The maximum absolute atomic E-state index is 10.8. The predicted octanol–water partition coefficient (Wildman–Crippen LogP) is -1.62. The van der Waals surface area contributed by atoms with E-state index in [0.29, 0.717) is 0 Å². The molecule has 0 unspecified atom stereocenters. The van der Waals surface area contributed by atoms with Crippen molar-refractivity contribution >= 4 is 5.91 Å². The van der Waals surface area contributed by atoms with Gasteiger partial charge in [0.15, 0.2) is 6.29 Å². The van der Waals surface area contributed by atoms with Gasteiger partial charge in [0.1, 0.15) is 18.3 Å². The molecule has 1 saturated heterocycles. The lowest BCUT2D eigenvalue weighted by Gasteiger charge is -2.13. The molecule has 15 heavy (non-hydrogen) atoms. The third kappa shape index (κ3) is 2.75. The van der Waals surface area contributed by atoms with Crippen LogP contribution in [0.4, 0.5) is 0 Å². The van der Waals surface area contributed by atoms with E-state index in [2.05, 4.69) is 11.9 Å². The lowest BCUT2D eigenvalue weighted by atomic mass is 10.1. The number of carbonyl (C=O) groups is 1. The van der Waals surface area contributed by atoms with Crippen molar-refractivity contribution in [3.05, 3.63) is 12.7 Å². The monoisotopic (exact) mass is 217 g/mol. The third-order valence-electron chi connectivity index (χ3n) is 2.21. The van der Waals surface area contributed by atoms with Crippen LogP contribution in [0.15, 0.2) is 12.7 Å². The highest BCUT2D eigenvalue weighted by Gasteiger charge is 2.42. The van der Waals surface area contributed by atoms with Crippen molar-refractivity contribution in [2.75, 3.05) is 13.7 Å². The number of amides is 1. The first-order valence-electron chi connectivity index (χ1n) is 4.54. The second-order valence-electron chi connectivity index (χ2n) is 3.21. The van der Waals surface area contributed by atoms with E-state index in [1.807, 2.05) is 0 Å². The zero-order valence-corrected chi connectivity index (χ0v) is 8.42. The maximum Gasteiger partial charge on any atom is 0.243 e. The minimum Gasteiger partial charge on any atom is -0.387 e. The highest BCUT2D eigenvalue weighted by atomic mass is 16.7. The summed E-state index contributed by atoms with van der Waals surface area (Å²) in [4.78, 5) is 10.8. The molecule has 1 aliphatic heterocycles. The first-order valence-corrected chi connectivity index (χ1v) is 4.54. The van der Waals surface area contributed by atoms with E-state index in [9.17, 15) is 15.0 Å². The molecule has 4 atom stereocenters. The van der Waals surface area contributed by atoms with Crippen LogP contribution in [0.2, 0.25) is 0 Å². The molecule has 0 aliphatic carbocycles. The highest BCUT2D eigenvalue weighted by Crippen LogP contribution is 2.21. The molecule has 1 amide bonds. The van der Waals surface area contributed by atoms with E-state index in [1.165, 1.54) is 7.11 Å². The third-order valence-corrected chi connectivity index (χ3v) is 2.21. The summed E-state index contributed by atoms with van der Waals surface area (Å²) in [6, 6.07) is 0. The Morgan fingerprint density at radius 1 is 1.60 bits per heavy atom. The summed E-state index contributed by atoms with van der Waals surface area (Å²) in [6.45, 7) is 3.38. The first kappa shape index (κ1) is 12.1. The van der Waals surface area contributed by atoms with Crippen LogP contribution in [-0.4, -0.2) is 54.4 Å². The Bertz CT molecular complexity index is 245. The number of carbonyl (C=O) groups excluding carboxylic acids is 1. The summed E-state index contributed by atoms with van der Waals surface area (Å²) in [5.74, 6) is -0.360. The van der Waals surface area contributed by atoms with E-state index in [0.717, 1.165) is 6.08 Å². The van der Waals surface area contributed by atoms with E-state index in [-0.39, 0.29) is 12.5 Å². The van der Waals surface area contributed by atoms with Gasteiger partial charge < -0.3 is 25.0 Å². The molecule has 6 nitrogen and oxygen atoms in total. The molecule has 1 heterocycles. The van der Waals surface area contributed by atoms with Crippen LogP contribution in [0.1, 0.15) is 0 Å². The Balaban J connectivity index is 2.43. The molecular weight excluding hydrogens is 202 g/mol. The largest absolute Gasteiger partial charge is 0.387 e. The van der Waals surface area contributed by atoms with Crippen molar-refractivity contribution < 1.29 is 24.5 Å². The quantitative estimate of drug-likeness (QED) is 0.493. The SMILES string of the molecule is C=CC(=O)NC[C@H]1O[C@H](OC)[C@H](O)[C@@H]1O. The summed E-state index contributed by atoms with van der Waals surface area (Å²) in [7, 11) is 1.37. The fourth-order valence-corrected chi connectivity index (χ4v) is 1.35.